The topological polar surface area (TPSA) is 62.7 Å². The van der Waals surface area contributed by atoms with Crippen molar-refractivity contribution in [3.63, 3.8) is 0 Å². The van der Waals surface area contributed by atoms with Crippen LogP contribution in [0.5, 0.6) is 0 Å². The van der Waals surface area contributed by atoms with Crippen molar-refractivity contribution in [3.8, 4) is 0 Å². The molecule has 0 saturated carbocycles. The van der Waals surface area contributed by atoms with Crippen molar-refractivity contribution < 1.29 is 14.3 Å². The number of piperidine rings is 1. The molecule has 1 aliphatic rings. The number of likely N-dealkylation sites (tertiary alicyclic amines) is 1. The highest BCUT2D eigenvalue weighted by molar-refractivity contribution is 7.22. The van der Waals surface area contributed by atoms with Gasteiger partial charge in [0.15, 0.2) is 5.13 Å². The lowest BCUT2D eigenvalue weighted by Crippen LogP contribution is -2.45. The second kappa shape index (κ2) is 10.5. The lowest BCUT2D eigenvalue weighted by Gasteiger charge is -2.33. The van der Waals surface area contributed by atoms with Gasteiger partial charge in [-0.25, -0.2) is 4.98 Å². The number of fused-ring (bicyclic) bond motifs is 1. The van der Waals surface area contributed by atoms with Gasteiger partial charge in [-0.15, -0.1) is 0 Å². The maximum Gasteiger partial charge on any atom is 0.246 e. The Kier molecular flexibility index (Phi) is 7.29. The van der Waals surface area contributed by atoms with Crippen molar-refractivity contribution in [2.45, 2.75) is 12.8 Å². The number of carbonyl (C=O) groups excluding carboxylic acids is 2. The normalized spacial score (nSPS) is 14.8. The van der Waals surface area contributed by atoms with Gasteiger partial charge >= 0.3 is 0 Å². The highest BCUT2D eigenvalue weighted by atomic mass is 32.1. The fourth-order valence-corrected chi connectivity index (χ4v) is 4.86. The number of anilines is 1. The minimum absolute atomic E-state index is 0.0119. The van der Waals surface area contributed by atoms with Gasteiger partial charge in [-0.05, 0) is 36.6 Å². The molecule has 4 rings (SSSR count). The quantitative estimate of drug-likeness (QED) is 0.507. The summed E-state index contributed by atoms with van der Waals surface area (Å²) in [5, 5.41) is 0.706. The Morgan fingerprint density at radius 2 is 1.84 bits per heavy atom. The SMILES string of the molecule is COCCN(C(=O)C1CCN(C(=O)C=Cc2ccccc2)CC1)c1nc2ccccc2s1. The van der Waals surface area contributed by atoms with Crippen molar-refractivity contribution in [1.29, 1.82) is 0 Å². The molecule has 166 valence electrons. The number of benzene rings is 2. The predicted octanol–water partition coefficient (Wildman–Crippen LogP) is 4.23. The highest BCUT2D eigenvalue weighted by Crippen LogP contribution is 2.31. The summed E-state index contributed by atoms with van der Waals surface area (Å²) in [6.45, 7) is 2.07. The van der Waals surface area contributed by atoms with Gasteiger partial charge in [0.2, 0.25) is 11.8 Å². The van der Waals surface area contributed by atoms with Crippen LogP contribution in [0.3, 0.4) is 0 Å². The Hall–Kier alpha value is -3.03. The molecule has 2 heterocycles. The standard InChI is InChI=1S/C25H27N3O3S/c1-31-18-17-28(25-26-21-9-5-6-10-22(21)32-25)24(30)20-13-15-27(16-14-20)23(29)12-11-19-7-3-2-4-8-19/h2-12,20H,13-18H2,1H3. The molecular weight excluding hydrogens is 422 g/mol. The molecule has 3 aromatic rings. The van der Waals surface area contributed by atoms with E-state index in [2.05, 4.69) is 4.98 Å². The Labute approximate surface area is 192 Å². The molecule has 1 fully saturated rings. The molecule has 2 amide bonds. The second-order valence-electron chi connectivity index (χ2n) is 7.79. The van der Waals surface area contributed by atoms with E-state index < -0.39 is 0 Å². The van der Waals surface area contributed by atoms with Crippen LogP contribution in [0.25, 0.3) is 16.3 Å². The molecule has 0 atom stereocenters. The minimum atomic E-state index is -0.124. The zero-order chi connectivity index (χ0) is 22.3. The van der Waals surface area contributed by atoms with Crippen LogP contribution >= 0.6 is 11.3 Å². The molecule has 0 spiro atoms. The van der Waals surface area contributed by atoms with Crippen LogP contribution in [-0.2, 0) is 14.3 Å². The summed E-state index contributed by atoms with van der Waals surface area (Å²) in [5.74, 6) is -0.0729. The average molecular weight is 450 g/mol. The van der Waals surface area contributed by atoms with E-state index in [-0.39, 0.29) is 17.7 Å². The van der Waals surface area contributed by atoms with Crippen LogP contribution in [0.15, 0.2) is 60.7 Å². The van der Waals surface area contributed by atoms with E-state index in [1.54, 1.807) is 18.1 Å². The average Bonchev–Trinajstić information content (AvgIpc) is 3.27. The number of amides is 2. The Morgan fingerprint density at radius 1 is 1.12 bits per heavy atom. The van der Waals surface area contributed by atoms with Gasteiger partial charge in [0, 0.05) is 32.2 Å². The van der Waals surface area contributed by atoms with E-state index in [9.17, 15) is 9.59 Å². The van der Waals surface area contributed by atoms with Crippen LogP contribution in [0.4, 0.5) is 5.13 Å². The summed E-state index contributed by atoms with van der Waals surface area (Å²) < 4.78 is 6.30. The van der Waals surface area contributed by atoms with Gasteiger partial charge in [0.1, 0.15) is 0 Å². The summed E-state index contributed by atoms with van der Waals surface area (Å²) in [7, 11) is 1.63. The number of nitrogens with zero attached hydrogens (tertiary/aromatic N) is 3. The first kappa shape index (κ1) is 22.2. The lowest BCUT2D eigenvalue weighted by molar-refractivity contribution is -0.131. The molecular formula is C25H27N3O3S. The van der Waals surface area contributed by atoms with Gasteiger partial charge in [-0.1, -0.05) is 53.8 Å². The third-order valence-electron chi connectivity index (χ3n) is 5.67. The molecule has 0 bridgehead atoms. The molecule has 0 radical (unpaired) electrons. The van der Waals surface area contributed by atoms with E-state index in [0.29, 0.717) is 44.2 Å². The van der Waals surface area contributed by atoms with Gasteiger partial charge in [-0.2, -0.15) is 0 Å². The molecule has 32 heavy (non-hydrogen) atoms. The first-order chi connectivity index (χ1) is 15.7. The van der Waals surface area contributed by atoms with E-state index >= 15 is 0 Å². The molecule has 0 N–H and O–H groups in total. The third kappa shape index (κ3) is 5.23. The number of aromatic nitrogens is 1. The fraction of sp³-hybridized carbons (Fsp3) is 0.320. The summed E-state index contributed by atoms with van der Waals surface area (Å²) >= 11 is 1.52. The highest BCUT2D eigenvalue weighted by Gasteiger charge is 2.31. The monoisotopic (exact) mass is 449 g/mol. The van der Waals surface area contributed by atoms with Gasteiger partial charge in [-0.3, -0.25) is 14.5 Å². The smallest absolute Gasteiger partial charge is 0.246 e. The minimum Gasteiger partial charge on any atom is -0.383 e. The molecule has 6 nitrogen and oxygen atoms in total. The summed E-state index contributed by atoms with van der Waals surface area (Å²) in [5.41, 5.74) is 1.89. The first-order valence-electron chi connectivity index (χ1n) is 10.8. The molecule has 7 heteroatoms. The number of ether oxygens (including phenoxy) is 1. The lowest BCUT2D eigenvalue weighted by atomic mass is 9.95. The van der Waals surface area contributed by atoms with Crippen molar-refractivity contribution in [3.05, 3.63) is 66.2 Å². The van der Waals surface area contributed by atoms with Crippen LogP contribution in [0.1, 0.15) is 18.4 Å². The summed E-state index contributed by atoms with van der Waals surface area (Å²) in [4.78, 5) is 34.2. The van der Waals surface area contributed by atoms with Crippen LogP contribution in [0.2, 0.25) is 0 Å². The van der Waals surface area contributed by atoms with E-state index in [0.717, 1.165) is 15.8 Å². The maximum absolute atomic E-state index is 13.4. The number of hydrogen-bond donors (Lipinski definition) is 0. The number of carbonyl (C=O) groups is 2. The molecule has 1 aliphatic heterocycles. The Balaban J connectivity index is 1.40. The number of para-hydroxylation sites is 1. The number of hydrogen-bond acceptors (Lipinski definition) is 5. The van der Waals surface area contributed by atoms with Crippen LogP contribution < -0.4 is 4.90 Å². The zero-order valence-corrected chi connectivity index (χ0v) is 19.0. The second-order valence-corrected chi connectivity index (χ2v) is 8.80. The van der Waals surface area contributed by atoms with E-state index in [4.69, 9.17) is 4.74 Å². The molecule has 2 aromatic carbocycles. The van der Waals surface area contributed by atoms with Crippen molar-refractivity contribution in [1.82, 2.24) is 9.88 Å². The Morgan fingerprint density at radius 3 is 2.56 bits per heavy atom. The van der Waals surface area contributed by atoms with Crippen molar-refractivity contribution in [2.75, 3.05) is 38.3 Å². The molecule has 0 aliphatic carbocycles. The van der Waals surface area contributed by atoms with Crippen molar-refractivity contribution >= 4 is 44.6 Å². The fourth-order valence-electron chi connectivity index (χ4n) is 3.86. The van der Waals surface area contributed by atoms with Gasteiger partial charge < -0.3 is 9.64 Å². The number of thiazole rings is 1. The third-order valence-corrected chi connectivity index (χ3v) is 6.73. The number of rotatable bonds is 7. The van der Waals surface area contributed by atoms with Gasteiger partial charge in [0.05, 0.1) is 23.4 Å². The summed E-state index contributed by atoms with van der Waals surface area (Å²) in [6, 6.07) is 17.7. The molecule has 0 unspecified atom stereocenters. The predicted molar refractivity (Wildman–Crippen MR) is 129 cm³/mol. The van der Waals surface area contributed by atoms with Crippen molar-refractivity contribution in [2.24, 2.45) is 5.92 Å². The maximum atomic E-state index is 13.4. The largest absolute Gasteiger partial charge is 0.383 e. The zero-order valence-electron chi connectivity index (χ0n) is 18.1. The van der Waals surface area contributed by atoms with Gasteiger partial charge in [0.25, 0.3) is 0 Å². The van der Waals surface area contributed by atoms with E-state index in [1.807, 2.05) is 65.6 Å². The van der Waals surface area contributed by atoms with Crippen LogP contribution in [-0.4, -0.2) is 55.0 Å². The first-order valence-corrected chi connectivity index (χ1v) is 11.7. The Bertz CT molecular complexity index is 1060. The van der Waals surface area contributed by atoms with E-state index in [1.165, 1.54) is 11.3 Å². The molecule has 1 saturated heterocycles. The summed E-state index contributed by atoms with van der Waals surface area (Å²) in [6.07, 6.45) is 4.75. The number of methoxy groups -OCH3 is 1. The van der Waals surface area contributed by atoms with Crippen LogP contribution in [0, 0.1) is 5.92 Å². The molecule has 1 aromatic heterocycles.